The highest BCUT2D eigenvalue weighted by atomic mass is 35.5. The zero-order valence-electron chi connectivity index (χ0n) is 12.8. The van der Waals surface area contributed by atoms with Gasteiger partial charge in [0.1, 0.15) is 5.88 Å². The lowest BCUT2D eigenvalue weighted by Crippen LogP contribution is -2.48. The molecule has 122 valence electrons. The van der Waals surface area contributed by atoms with Crippen LogP contribution in [-0.2, 0) is 11.3 Å². The first-order valence-electron chi connectivity index (χ1n) is 8.15. The van der Waals surface area contributed by atoms with Crippen LogP contribution in [0.25, 0.3) is 0 Å². The van der Waals surface area contributed by atoms with Gasteiger partial charge in [-0.25, -0.2) is 0 Å². The maximum absolute atomic E-state index is 11.5. The average Bonchev–Trinajstić information content (AvgIpc) is 3.04. The monoisotopic (exact) mass is 326 g/mol. The highest BCUT2D eigenvalue weighted by Gasteiger charge is 2.24. The van der Waals surface area contributed by atoms with E-state index in [0.29, 0.717) is 12.5 Å². The second kappa shape index (κ2) is 7.42. The van der Waals surface area contributed by atoms with Gasteiger partial charge in [-0.1, -0.05) is 24.4 Å². The van der Waals surface area contributed by atoms with E-state index in [1.165, 1.54) is 32.1 Å². The molecule has 6 nitrogen and oxygen atoms in total. The number of aromatic nitrogens is 2. The molecule has 0 atom stereocenters. The first kappa shape index (κ1) is 15.7. The third-order valence-electron chi connectivity index (χ3n) is 4.64. The molecular formula is C15H23ClN4O2. The van der Waals surface area contributed by atoms with Crippen LogP contribution < -0.4 is 0 Å². The number of alkyl halides is 1. The molecule has 1 aromatic heterocycles. The van der Waals surface area contributed by atoms with Crippen LogP contribution in [0.1, 0.15) is 49.7 Å². The van der Waals surface area contributed by atoms with Crippen LogP contribution in [0, 0.1) is 0 Å². The molecule has 3 rings (SSSR count). The van der Waals surface area contributed by atoms with Crippen molar-refractivity contribution < 1.29 is 9.32 Å². The summed E-state index contributed by atoms with van der Waals surface area (Å²) >= 11 is 5.59. The molecule has 0 radical (unpaired) electrons. The van der Waals surface area contributed by atoms with E-state index in [4.69, 9.17) is 16.1 Å². The largest absolute Gasteiger partial charge is 0.339 e. The minimum Gasteiger partial charge on any atom is -0.339 e. The molecule has 2 fully saturated rings. The smallest absolute Gasteiger partial charge is 0.237 e. The van der Waals surface area contributed by atoms with Gasteiger partial charge in [-0.3, -0.25) is 9.69 Å². The number of hydrogen-bond donors (Lipinski definition) is 0. The third-order valence-corrected chi connectivity index (χ3v) is 4.87. The minimum absolute atomic E-state index is 0.0143. The van der Waals surface area contributed by atoms with Crippen LogP contribution in [0.2, 0.25) is 0 Å². The van der Waals surface area contributed by atoms with Gasteiger partial charge < -0.3 is 9.42 Å². The first-order valence-corrected chi connectivity index (χ1v) is 8.68. The molecule has 1 aliphatic heterocycles. The predicted molar refractivity (Wildman–Crippen MR) is 82.7 cm³/mol. The van der Waals surface area contributed by atoms with Crippen molar-refractivity contribution in [3.05, 3.63) is 11.7 Å². The van der Waals surface area contributed by atoms with E-state index in [1.807, 2.05) is 4.90 Å². The Kier molecular flexibility index (Phi) is 5.31. The second-order valence-electron chi connectivity index (χ2n) is 6.17. The molecule has 1 saturated carbocycles. The topological polar surface area (TPSA) is 62.5 Å². The number of nitrogens with zero attached hydrogens (tertiary/aromatic N) is 4. The van der Waals surface area contributed by atoms with Gasteiger partial charge in [-0.05, 0) is 12.8 Å². The van der Waals surface area contributed by atoms with Crippen LogP contribution in [0.4, 0.5) is 0 Å². The summed E-state index contributed by atoms with van der Waals surface area (Å²) in [7, 11) is 0. The van der Waals surface area contributed by atoms with Crippen molar-refractivity contribution in [1.82, 2.24) is 19.9 Å². The SMILES string of the molecule is O=C(CCl)N1CCN(Cc2noc(C3CCCCC3)n2)CC1. The fourth-order valence-electron chi connectivity index (χ4n) is 3.29. The number of piperazine rings is 1. The Morgan fingerprint density at radius 1 is 1.18 bits per heavy atom. The van der Waals surface area contributed by atoms with E-state index in [-0.39, 0.29) is 11.8 Å². The Bertz CT molecular complexity index is 493. The molecule has 1 aliphatic carbocycles. The van der Waals surface area contributed by atoms with Crippen LogP contribution in [-0.4, -0.2) is 57.9 Å². The Morgan fingerprint density at radius 2 is 1.91 bits per heavy atom. The van der Waals surface area contributed by atoms with Crippen LogP contribution in [0.3, 0.4) is 0 Å². The van der Waals surface area contributed by atoms with Crippen molar-refractivity contribution in [2.45, 2.75) is 44.6 Å². The van der Waals surface area contributed by atoms with Gasteiger partial charge in [-0.2, -0.15) is 4.98 Å². The van der Waals surface area contributed by atoms with Gasteiger partial charge >= 0.3 is 0 Å². The lowest BCUT2D eigenvalue weighted by atomic mass is 9.89. The standard InChI is InChI=1S/C15H23ClN4O2/c16-10-14(21)20-8-6-19(7-9-20)11-13-17-15(22-18-13)12-4-2-1-3-5-12/h12H,1-11H2. The maximum atomic E-state index is 11.5. The van der Waals surface area contributed by atoms with E-state index in [0.717, 1.165) is 37.9 Å². The molecule has 0 N–H and O–H groups in total. The molecule has 0 bridgehead atoms. The summed E-state index contributed by atoms with van der Waals surface area (Å²) in [4.78, 5) is 20.2. The Hall–Kier alpha value is -1.14. The van der Waals surface area contributed by atoms with Gasteiger partial charge in [0.05, 0.1) is 6.54 Å². The molecule has 2 aliphatic rings. The van der Waals surface area contributed by atoms with E-state index in [9.17, 15) is 4.79 Å². The van der Waals surface area contributed by atoms with Crippen LogP contribution in [0.5, 0.6) is 0 Å². The van der Waals surface area contributed by atoms with Crippen molar-refractivity contribution >= 4 is 17.5 Å². The molecule has 7 heteroatoms. The van der Waals surface area contributed by atoms with Crippen molar-refractivity contribution in [3.63, 3.8) is 0 Å². The van der Waals surface area contributed by atoms with Crippen molar-refractivity contribution in [2.24, 2.45) is 0 Å². The van der Waals surface area contributed by atoms with Crippen LogP contribution in [0.15, 0.2) is 4.52 Å². The summed E-state index contributed by atoms with van der Waals surface area (Å²) in [5.74, 6) is 2.10. The summed E-state index contributed by atoms with van der Waals surface area (Å²) in [6, 6.07) is 0. The summed E-state index contributed by atoms with van der Waals surface area (Å²) in [5, 5.41) is 4.13. The molecule has 1 aromatic rings. The summed E-state index contributed by atoms with van der Waals surface area (Å²) < 4.78 is 5.45. The Labute approximate surface area is 135 Å². The quantitative estimate of drug-likeness (QED) is 0.792. The second-order valence-corrected chi connectivity index (χ2v) is 6.44. The number of carbonyl (C=O) groups excluding carboxylic acids is 1. The van der Waals surface area contributed by atoms with Gasteiger partial charge in [-0.15, -0.1) is 11.6 Å². The molecule has 1 amide bonds. The van der Waals surface area contributed by atoms with Gasteiger partial charge in [0.15, 0.2) is 5.82 Å². The lowest BCUT2D eigenvalue weighted by Gasteiger charge is -2.33. The fraction of sp³-hybridized carbons (Fsp3) is 0.800. The van der Waals surface area contributed by atoms with Gasteiger partial charge in [0, 0.05) is 32.1 Å². The van der Waals surface area contributed by atoms with E-state index in [1.54, 1.807) is 0 Å². The minimum atomic E-state index is 0.0143. The molecule has 2 heterocycles. The molecule has 22 heavy (non-hydrogen) atoms. The zero-order valence-corrected chi connectivity index (χ0v) is 13.6. The lowest BCUT2D eigenvalue weighted by molar-refractivity contribution is -0.130. The normalized spacial score (nSPS) is 21.2. The Balaban J connectivity index is 1.50. The fourth-order valence-corrected chi connectivity index (χ4v) is 3.46. The third kappa shape index (κ3) is 3.79. The van der Waals surface area contributed by atoms with E-state index >= 15 is 0 Å². The molecule has 0 spiro atoms. The Morgan fingerprint density at radius 3 is 2.59 bits per heavy atom. The molecule has 0 aromatic carbocycles. The van der Waals surface area contributed by atoms with Gasteiger partial charge in [0.2, 0.25) is 11.8 Å². The number of hydrogen-bond acceptors (Lipinski definition) is 5. The predicted octanol–water partition coefficient (Wildman–Crippen LogP) is 2.00. The number of carbonyl (C=O) groups is 1. The van der Waals surface area contributed by atoms with E-state index in [2.05, 4.69) is 15.0 Å². The first-order chi connectivity index (χ1) is 10.8. The maximum Gasteiger partial charge on any atom is 0.237 e. The summed E-state index contributed by atoms with van der Waals surface area (Å²) in [6.45, 7) is 3.79. The zero-order chi connectivity index (χ0) is 15.4. The van der Waals surface area contributed by atoms with Gasteiger partial charge in [0.25, 0.3) is 0 Å². The molecule has 0 unspecified atom stereocenters. The van der Waals surface area contributed by atoms with E-state index < -0.39 is 0 Å². The highest BCUT2D eigenvalue weighted by Crippen LogP contribution is 2.31. The average molecular weight is 327 g/mol. The van der Waals surface area contributed by atoms with Crippen molar-refractivity contribution in [3.8, 4) is 0 Å². The van der Waals surface area contributed by atoms with Crippen molar-refractivity contribution in [1.29, 1.82) is 0 Å². The highest BCUT2D eigenvalue weighted by molar-refractivity contribution is 6.27. The molecule has 1 saturated heterocycles. The summed E-state index contributed by atoms with van der Waals surface area (Å²) in [5.41, 5.74) is 0. The van der Waals surface area contributed by atoms with Crippen molar-refractivity contribution in [2.75, 3.05) is 32.1 Å². The molecular weight excluding hydrogens is 304 g/mol. The number of rotatable bonds is 4. The number of halogens is 1. The number of amides is 1. The van der Waals surface area contributed by atoms with Crippen LogP contribution >= 0.6 is 11.6 Å². The summed E-state index contributed by atoms with van der Waals surface area (Å²) in [6.07, 6.45) is 6.18.